The molecule has 2 heterocycles. The molecule has 0 atom stereocenters. The number of hydrazone groups is 1. The van der Waals surface area contributed by atoms with Gasteiger partial charge >= 0.3 is 0 Å². The lowest BCUT2D eigenvalue weighted by atomic mass is 10.2. The minimum atomic E-state index is -3.51. The fourth-order valence-corrected chi connectivity index (χ4v) is 5.41. The normalized spacial score (nSPS) is 15.2. The SMILES string of the molecule is COc1ccccc1NC(=S)N/N=C\c1c[nH]c2ccc(S(=O)(=O)N3CCCCC3)cc12. The number of hydrogen-bond acceptors (Lipinski definition) is 5. The van der Waals surface area contributed by atoms with E-state index < -0.39 is 10.0 Å². The topological polar surface area (TPSA) is 98.8 Å². The number of nitrogens with zero attached hydrogens (tertiary/aromatic N) is 2. The second-order valence-electron chi connectivity index (χ2n) is 7.44. The number of piperidine rings is 1. The summed E-state index contributed by atoms with van der Waals surface area (Å²) in [5, 5.41) is 8.31. The molecule has 2 aromatic carbocycles. The Bertz CT molecular complexity index is 1250. The summed E-state index contributed by atoms with van der Waals surface area (Å²) in [6, 6.07) is 12.5. The Labute approximate surface area is 192 Å². The number of aromatic nitrogens is 1. The molecule has 0 amide bonds. The highest BCUT2D eigenvalue weighted by Gasteiger charge is 2.26. The predicted octanol–water partition coefficient (Wildman–Crippen LogP) is 3.67. The largest absolute Gasteiger partial charge is 0.495 e. The molecule has 0 radical (unpaired) electrons. The zero-order valence-electron chi connectivity index (χ0n) is 17.7. The number of hydrogen-bond donors (Lipinski definition) is 3. The molecule has 4 rings (SSSR count). The van der Waals surface area contributed by atoms with Gasteiger partial charge in [-0.15, -0.1) is 0 Å². The number of H-pyrrole nitrogens is 1. The van der Waals surface area contributed by atoms with E-state index in [0.29, 0.717) is 28.8 Å². The van der Waals surface area contributed by atoms with E-state index in [1.165, 1.54) is 0 Å². The molecule has 0 bridgehead atoms. The molecule has 1 aliphatic heterocycles. The zero-order chi connectivity index (χ0) is 22.6. The molecule has 8 nitrogen and oxygen atoms in total. The molecule has 0 spiro atoms. The third kappa shape index (κ3) is 4.77. The molecule has 0 saturated carbocycles. The van der Waals surface area contributed by atoms with Crippen LogP contribution in [0.25, 0.3) is 10.9 Å². The average molecular weight is 472 g/mol. The molecule has 168 valence electrons. The van der Waals surface area contributed by atoms with Crippen molar-refractivity contribution in [3.05, 3.63) is 54.2 Å². The lowest BCUT2D eigenvalue weighted by Gasteiger charge is -2.25. The van der Waals surface area contributed by atoms with Crippen molar-refractivity contribution in [2.75, 3.05) is 25.5 Å². The number of ether oxygens (including phenoxy) is 1. The van der Waals surface area contributed by atoms with Gasteiger partial charge in [0.1, 0.15) is 5.75 Å². The summed E-state index contributed by atoms with van der Waals surface area (Å²) in [4.78, 5) is 3.44. The summed E-state index contributed by atoms with van der Waals surface area (Å²) in [7, 11) is -1.92. The maximum atomic E-state index is 13.0. The fraction of sp³-hybridized carbons (Fsp3) is 0.273. The van der Waals surface area contributed by atoms with Crippen LogP contribution in [0.2, 0.25) is 0 Å². The lowest BCUT2D eigenvalue weighted by Crippen LogP contribution is -2.35. The van der Waals surface area contributed by atoms with E-state index in [9.17, 15) is 8.42 Å². The van der Waals surface area contributed by atoms with Gasteiger partial charge in [-0.2, -0.15) is 9.41 Å². The highest BCUT2D eigenvalue weighted by atomic mass is 32.2. The first-order valence-electron chi connectivity index (χ1n) is 10.3. The summed E-state index contributed by atoms with van der Waals surface area (Å²) < 4.78 is 32.9. The van der Waals surface area contributed by atoms with E-state index in [1.54, 1.807) is 42.0 Å². The van der Waals surface area contributed by atoms with Crippen molar-refractivity contribution < 1.29 is 13.2 Å². The Morgan fingerprint density at radius 1 is 1.19 bits per heavy atom. The summed E-state index contributed by atoms with van der Waals surface area (Å²) in [5.74, 6) is 0.666. The number of thiocarbonyl (C=S) groups is 1. The average Bonchev–Trinajstić information content (AvgIpc) is 3.22. The number of fused-ring (bicyclic) bond motifs is 1. The van der Waals surface area contributed by atoms with Crippen molar-refractivity contribution in [2.45, 2.75) is 24.2 Å². The number of para-hydroxylation sites is 2. The van der Waals surface area contributed by atoms with Gasteiger partial charge in [-0.3, -0.25) is 5.43 Å². The highest BCUT2D eigenvalue weighted by molar-refractivity contribution is 7.89. The molecule has 3 N–H and O–H groups in total. The molecule has 0 aliphatic carbocycles. The standard InChI is InChI=1S/C22H25N5O3S2/c1-30-21-8-4-3-7-20(21)25-22(31)26-24-15-16-14-23-19-10-9-17(13-18(16)19)32(28,29)27-11-5-2-6-12-27/h3-4,7-10,13-15,23H,2,5-6,11-12H2,1H3,(H2,25,26,31)/b24-15-. The van der Waals surface area contributed by atoms with Gasteiger partial charge in [0, 0.05) is 35.8 Å². The zero-order valence-corrected chi connectivity index (χ0v) is 19.3. The van der Waals surface area contributed by atoms with Crippen LogP contribution in [0.15, 0.2) is 58.7 Å². The predicted molar refractivity (Wildman–Crippen MR) is 131 cm³/mol. The van der Waals surface area contributed by atoms with E-state index in [2.05, 4.69) is 20.8 Å². The van der Waals surface area contributed by atoms with Crippen molar-refractivity contribution in [3.8, 4) is 5.75 Å². The Balaban J connectivity index is 1.49. The monoisotopic (exact) mass is 471 g/mol. The van der Waals surface area contributed by atoms with E-state index >= 15 is 0 Å². The first-order valence-corrected chi connectivity index (χ1v) is 12.2. The lowest BCUT2D eigenvalue weighted by molar-refractivity contribution is 0.346. The van der Waals surface area contributed by atoms with Gasteiger partial charge in [0.05, 0.1) is 23.9 Å². The Hall–Kier alpha value is -2.95. The number of benzene rings is 2. The first kappa shape index (κ1) is 22.3. The Kier molecular flexibility index (Phi) is 6.73. The van der Waals surface area contributed by atoms with Crippen LogP contribution in [-0.4, -0.2) is 49.2 Å². The van der Waals surface area contributed by atoms with Crippen LogP contribution in [0.4, 0.5) is 5.69 Å². The summed E-state index contributed by atoms with van der Waals surface area (Å²) in [5.41, 5.74) is 5.09. The summed E-state index contributed by atoms with van der Waals surface area (Å²) in [6.45, 7) is 1.14. The van der Waals surface area contributed by atoms with Crippen LogP contribution in [0, 0.1) is 0 Å². The summed E-state index contributed by atoms with van der Waals surface area (Å²) in [6.07, 6.45) is 6.26. The molecular formula is C22H25N5O3S2. The molecule has 1 aromatic heterocycles. The minimum Gasteiger partial charge on any atom is -0.495 e. The minimum absolute atomic E-state index is 0.294. The fourth-order valence-electron chi connectivity index (χ4n) is 3.70. The molecular weight excluding hydrogens is 446 g/mol. The second kappa shape index (κ2) is 9.68. The number of sulfonamides is 1. The molecule has 3 aromatic rings. The first-order chi connectivity index (χ1) is 15.5. The van der Waals surface area contributed by atoms with E-state index in [-0.39, 0.29) is 0 Å². The van der Waals surface area contributed by atoms with Gasteiger partial charge in [0.15, 0.2) is 5.11 Å². The second-order valence-corrected chi connectivity index (χ2v) is 9.79. The maximum absolute atomic E-state index is 13.0. The molecule has 32 heavy (non-hydrogen) atoms. The molecule has 1 fully saturated rings. The van der Waals surface area contributed by atoms with Gasteiger partial charge in [-0.25, -0.2) is 8.42 Å². The van der Waals surface area contributed by atoms with Crippen molar-refractivity contribution in [1.82, 2.24) is 14.7 Å². The number of nitrogens with one attached hydrogen (secondary N) is 3. The number of aromatic amines is 1. The third-order valence-electron chi connectivity index (χ3n) is 5.36. The Morgan fingerprint density at radius 3 is 2.75 bits per heavy atom. The van der Waals surface area contributed by atoms with E-state index in [4.69, 9.17) is 17.0 Å². The van der Waals surface area contributed by atoms with Gasteiger partial charge < -0.3 is 15.0 Å². The quantitative estimate of drug-likeness (QED) is 0.288. The van der Waals surface area contributed by atoms with E-state index in [1.807, 2.05) is 24.3 Å². The van der Waals surface area contributed by atoms with Crippen LogP contribution < -0.4 is 15.5 Å². The molecule has 10 heteroatoms. The van der Waals surface area contributed by atoms with Gasteiger partial charge in [0.2, 0.25) is 10.0 Å². The molecule has 1 saturated heterocycles. The molecule has 1 aliphatic rings. The maximum Gasteiger partial charge on any atom is 0.243 e. The summed E-state index contributed by atoms with van der Waals surface area (Å²) >= 11 is 5.29. The number of rotatable bonds is 6. The van der Waals surface area contributed by atoms with Gasteiger partial charge in [-0.1, -0.05) is 18.6 Å². The van der Waals surface area contributed by atoms with Crippen molar-refractivity contribution in [1.29, 1.82) is 0 Å². The van der Waals surface area contributed by atoms with Crippen LogP contribution in [-0.2, 0) is 10.0 Å². The Morgan fingerprint density at radius 2 is 1.97 bits per heavy atom. The van der Waals surface area contributed by atoms with Gasteiger partial charge in [0.25, 0.3) is 0 Å². The van der Waals surface area contributed by atoms with E-state index in [0.717, 1.165) is 41.4 Å². The smallest absolute Gasteiger partial charge is 0.243 e. The third-order valence-corrected chi connectivity index (χ3v) is 7.45. The van der Waals surface area contributed by atoms with Crippen molar-refractivity contribution in [3.63, 3.8) is 0 Å². The van der Waals surface area contributed by atoms with Crippen LogP contribution >= 0.6 is 12.2 Å². The van der Waals surface area contributed by atoms with Crippen molar-refractivity contribution in [2.24, 2.45) is 5.10 Å². The van der Waals surface area contributed by atoms with Crippen molar-refractivity contribution >= 4 is 50.2 Å². The number of anilines is 1. The highest BCUT2D eigenvalue weighted by Crippen LogP contribution is 2.26. The van der Waals surface area contributed by atoms with Gasteiger partial charge in [-0.05, 0) is 55.4 Å². The van der Waals surface area contributed by atoms with Crippen LogP contribution in [0.1, 0.15) is 24.8 Å². The van der Waals surface area contributed by atoms with Crippen LogP contribution in [0.3, 0.4) is 0 Å². The van der Waals surface area contributed by atoms with Crippen LogP contribution in [0.5, 0.6) is 5.75 Å². The molecule has 0 unspecified atom stereocenters. The number of methoxy groups -OCH3 is 1.